The van der Waals surface area contributed by atoms with Crippen molar-refractivity contribution >= 4 is 15.9 Å². The number of hydrogen-bond donors (Lipinski definition) is 0. The summed E-state index contributed by atoms with van der Waals surface area (Å²) < 4.78 is 7.02. The highest BCUT2D eigenvalue weighted by Crippen LogP contribution is 2.41. The fraction of sp³-hybridized carbons (Fsp3) is 0.143. The lowest BCUT2D eigenvalue weighted by Crippen LogP contribution is -2.02. The van der Waals surface area contributed by atoms with E-state index in [2.05, 4.69) is 52.3 Å². The molecule has 0 N–H and O–H groups in total. The lowest BCUT2D eigenvalue weighted by Gasteiger charge is -2.10. The third-order valence-corrected chi connectivity index (χ3v) is 3.51. The van der Waals surface area contributed by atoms with Crippen molar-refractivity contribution < 1.29 is 4.74 Å². The average molecular weight is 275 g/mol. The van der Waals surface area contributed by atoms with Gasteiger partial charge in [-0.15, -0.1) is 0 Å². The summed E-state index contributed by atoms with van der Waals surface area (Å²) in [6, 6.07) is 16.6. The van der Waals surface area contributed by atoms with Crippen molar-refractivity contribution in [3.63, 3.8) is 0 Å². The molecule has 16 heavy (non-hydrogen) atoms. The second kappa shape index (κ2) is 3.95. The SMILES string of the molecule is Brc1cccc2c1OC(c1ccccc1)C2. The van der Waals surface area contributed by atoms with Gasteiger partial charge in [-0.25, -0.2) is 0 Å². The van der Waals surface area contributed by atoms with Crippen LogP contribution in [0, 0.1) is 0 Å². The summed E-state index contributed by atoms with van der Waals surface area (Å²) in [4.78, 5) is 0. The van der Waals surface area contributed by atoms with Gasteiger partial charge in [-0.3, -0.25) is 0 Å². The second-order valence-corrected chi connectivity index (χ2v) is 4.80. The Labute approximate surface area is 103 Å². The quantitative estimate of drug-likeness (QED) is 0.760. The standard InChI is InChI=1S/C14H11BrO/c15-12-8-4-7-11-9-13(16-14(11)12)10-5-2-1-3-6-10/h1-8,13H,9H2. The Morgan fingerprint density at radius 1 is 1.00 bits per heavy atom. The number of rotatable bonds is 1. The van der Waals surface area contributed by atoms with E-state index in [1.54, 1.807) is 0 Å². The summed E-state index contributed by atoms with van der Waals surface area (Å²) in [5, 5.41) is 0. The first-order valence-electron chi connectivity index (χ1n) is 5.33. The van der Waals surface area contributed by atoms with Crippen LogP contribution in [0.3, 0.4) is 0 Å². The van der Waals surface area contributed by atoms with Crippen LogP contribution >= 0.6 is 15.9 Å². The van der Waals surface area contributed by atoms with Crippen molar-refractivity contribution in [2.24, 2.45) is 0 Å². The van der Waals surface area contributed by atoms with Gasteiger partial charge < -0.3 is 4.74 Å². The van der Waals surface area contributed by atoms with Crippen LogP contribution in [0.2, 0.25) is 0 Å². The van der Waals surface area contributed by atoms with Gasteiger partial charge in [-0.1, -0.05) is 42.5 Å². The maximum Gasteiger partial charge on any atom is 0.137 e. The molecule has 0 aromatic heterocycles. The van der Waals surface area contributed by atoms with Crippen molar-refractivity contribution in [1.29, 1.82) is 0 Å². The fourth-order valence-corrected chi connectivity index (χ4v) is 2.58. The van der Waals surface area contributed by atoms with Crippen molar-refractivity contribution in [2.75, 3.05) is 0 Å². The highest BCUT2D eigenvalue weighted by molar-refractivity contribution is 9.10. The van der Waals surface area contributed by atoms with E-state index in [0.29, 0.717) is 0 Å². The molecule has 3 rings (SSSR count). The molecule has 0 fully saturated rings. The minimum atomic E-state index is 0.162. The molecule has 0 radical (unpaired) electrons. The highest BCUT2D eigenvalue weighted by atomic mass is 79.9. The molecule has 1 heterocycles. The van der Waals surface area contributed by atoms with E-state index in [1.165, 1.54) is 11.1 Å². The number of benzene rings is 2. The normalized spacial score (nSPS) is 17.9. The van der Waals surface area contributed by atoms with Crippen LogP contribution in [0.15, 0.2) is 53.0 Å². The lowest BCUT2D eigenvalue weighted by molar-refractivity contribution is 0.237. The predicted octanol–water partition coefficient (Wildman–Crippen LogP) is 4.13. The first kappa shape index (κ1) is 9.91. The zero-order valence-corrected chi connectivity index (χ0v) is 10.3. The first-order valence-corrected chi connectivity index (χ1v) is 6.13. The Hall–Kier alpha value is -1.28. The largest absolute Gasteiger partial charge is 0.484 e. The van der Waals surface area contributed by atoms with Gasteiger partial charge in [0, 0.05) is 6.42 Å². The monoisotopic (exact) mass is 274 g/mol. The molecule has 80 valence electrons. The number of ether oxygens (including phenoxy) is 1. The summed E-state index contributed by atoms with van der Waals surface area (Å²) >= 11 is 3.52. The molecule has 1 aliphatic rings. The summed E-state index contributed by atoms with van der Waals surface area (Å²) in [6.45, 7) is 0. The minimum absolute atomic E-state index is 0.162. The van der Waals surface area contributed by atoms with Gasteiger partial charge in [0.25, 0.3) is 0 Å². The first-order chi connectivity index (χ1) is 7.84. The molecule has 0 saturated heterocycles. The van der Waals surface area contributed by atoms with E-state index >= 15 is 0 Å². The Bertz CT molecular complexity index is 507. The topological polar surface area (TPSA) is 9.23 Å². The van der Waals surface area contributed by atoms with Crippen LogP contribution in [0.25, 0.3) is 0 Å². The number of hydrogen-bond acceptors (Lipinski definition) is 1. The van der Waals surface area contributed by atoms with Crippen molar-refractivity contribution in [1.82, 2.24) is 0 Å². The molecular weight excluding hydrogens is 264 g/mol. The Morgan fingerprint density at radius 3 is 2.56 bits per heavy atom. The van der Waals surface area contributed by atoms with Gasteiger partial charge >= 0.3 is 0 Å². The third kappa shape index (κ3) is 1.63. The zero-order valence-electron chi connectivity index (χ0n) is 8.69. The van der Waals surface area contributed by atoms with E-state index in [0.717, 1.165) is 16.6 Å². The molecule has 0 amide bonds. The van der Waals surface area contributed by atoms with E-state index in [1.807, 2.05) is 12.1 Å². The molecule has 0 aliphatic carbocycles. The molecule has 1 atom stereocenters. The molecular formula is C14H11BrO. The second-order valence-electron chi connectivity index (χ2n) is 3.95. The number of para-hydroxylation sites is 1. The molecule has 1 unspecified atom stereocenters. The molecule has 2 aromatic rings. The summed E-state index contributed by atoms with van der Waals surface area (Å²) in [6.07, 6.45) is 1.12. The Kier molecular flexibility index (Phi) is 2.44. The van der Waals surface area contributed by atoms with Gasteiger partial charge in [-0.2, -0.15) is 0 Å². The van der Waals surface area contributed by atoms with Crippen LogP contribution in [-0.2, 0) is 6.42 Å². The highest BCUT2D eigenvalue weighted by Gasteiger charge is 2.25. The summed E-state index contributed by atoms with van der Waals surface area (Å²) in [5.41, 5.74) is 2.52. The van der Waals surface area contributed by atoms with Gasteiger partial charge in [0.1, 0.15) is 11.9 Å². The van der Waals surface area contributed by atoms with E-state index in [4.69, 9.17) is 4.74 Å². The molecule has 0 saturated carbocycles. The average Bonchev–Trinajstić information content (AvgIpc) is 2.76. The van der Waals surface area contributed by atoms with Gasteiger partial charge in [0.15, 0.2) is 0 Å². The molecule has 1 nitrogen and oxygen atoms in total. The van der Waals surface area contributed by atoms with Crippen molar-refractivity contribution in [3.8, 4) is 5.75 Å². The molecule has 0 bridgehead atoms. The summed E-state index contributed by atoms with van der Waals surface area (Å²) in [5.74, 6) is 0.997. The predicted molar refractivity (Wildman–Crippen MR) is 67.7 cm³/mol. The van der Waals surface area contributed by atoms with E-state index in [9.17, 15) is 0 Å². The van der Waals surface area contributed by atoms with Crippen molar-refractivity contribution in [3.05, 3.63) is 64.1 Å². The number of halogens is 1. The molecule has 2 aromatic carbocycles. The maximum atomic E-state index is 5.98. The van der Waals surface area contributed by atoms with Crippen LogP contribution in [-0.4, -0.2) is 0 Å². The lowest BCUT2D eigenvalue weighted by atomic mass is 10.0. The van der Waals surface area contributed by atoms with Crippen LogP contribution < -0.4 is 4.74 Å². The van der Waals surface area contributed by atoms with E-state index < -0.39 is 0 Å². The van der Waals surface area contributed by atoms with Crippen LogP contribution in [0.1, 0.15) is 17.2 Å². The van der Waals surface area contributed by atoms with Gasteiger partial charge in [-0.05, 0) is 33.1 Å². The van der Waals surface area contributed by atoms with Gasteiger partial charge in [0.2, 0.25) is 0 Å². The van der Waals surface area contributed by atoms with E-state index in [-0.39, 0.29) is 6.10 Å². The third-order valence-electron chi connectivity index (χ3n) is 2.89. The van der Waals surface area contributed by atoms with Gasteiger partial charge in [0.05, 0.1) is 4.47 Å². The smallest absolute Gasteiger partial charge is 0.137 e. The Morgan fingerprint density at radius 2 is 1.81 bits per heavy atom. The molecule has 2 heteroatoms. The summed E-state index contributed by atoms with van der Waals surface area (Å²) in [7, 11) is 0. The number of fused-ring (bicyclic) bond motifs is 1. The Balaban J connectivity index is 1.94. The fourth-order valence-electron chi connectivity index (χ4n) is 2.08. The zero-order chi connectivity index (χ0) is 11.0. The maximum absolute atomic E-state index is 5.98. The minimum Gasteiger partial charge on any atom is -0.484 e. The molecule has 1 aliphatic heterocycles. The van der Waals surface area contributed by atoms with Crippen molar-refractivity contribution in [2.45, 2.75) is 12.5 Å². The van der Waals surface area contributed by atoms with Crippen LogP contribution in [0.5, 0.6) is 5.75 Å². The van der Waals surface area contributed by atoms with Crippen LogP contribution in [0.4, 0.5) is 0 Å². The molecule has 0 spiro atoms.